The van der Waals surface area contributed by atoms with Gasteiger partial charge in [-0.05, 0) is 50.1 Å². The summed E-state index contributed by atoms with van der Waals surface area (Å²) in [5.41, 5.74) is 1.24. The molecule has 9 heteroatoms. The summed E-state index contributed by atoms with van der Waals surface area (Å²) >= 11 is 0. The molecule has 2 fully saturated rings. The number of carbonyl (C=O) groups is 3. The first-order valence-corrected chi connectivity index (χ1v) is 11.6. The van der Waals surface area contributed by atoms with Gasteiger partial charge in [0.15, 0.2) is 0 Å². The predicted octanol–water partition coefficient (Wildman–Crippen LogP) is 2.77. The highest BCUT2D eigenvalue weighted by Gasteiger charge is 2.40. The van der Waals surface area contributed by atoms with Crippen molar-refractivity contribution in [1.82, 2.24) is 15.1 Å². The highest BCUT2D eigenvalue weighted by atomic mass is 19.1. The van der Waals surface area contributed by atoms with Crippen molar-refractivity contribution in [2.24, 2.45) is 0 Å². The summed E-state index contributed by atoms with van der Waals surface area (Å²) in [6.07, 6.45) is -4.22. The van der Waals surface area contributed by atoms with E-state index >= 15 is 0 Å². The zero-order valence-electron chi connectivity index (χ0n) is 25.9. The number of nitrogens with one attached hydrogen (secondary N) is 1. The third kappa shape index (κ3) is 4.99. The van der Waals surface area contributed by atoms with Crippen LogP contribution in [-0.2, 0) is 34.0 Å². The summed E-state index contributed by atoms with van der Waals surface area (Å²) in [5, 5.41) is 2.25. The second-order valence-electron chi connectivity index (χ2n) is 8.92. The summed E-state index contributed by atoms with van der Waals surface area (Å²) in [5.74, 6) is -1.64. The van der Waals surface area contributed by atoms with E-state index in [-0.39, 0.29) is 37.5 Å². The van der Waals surface area contributed by atoms with Crippen LogP contribution in [-0.4, -0.2) is 58.7 Å². The van der Waals surface area contributed by atoms with Crippen molar-refractivity contribution >= 4 is 17.7 Å². The smallest absolute Gasteiger partial charge is 0.255 e. The highest BCUT2D eigenvalue weighted by Crippen LogP contribution is 2.34. The Balaban J connectivity index is 1.36. The maximum absolute atomic E-state index is 14.9. The molecular weight excluding hydrogens is 465 g/mol. The molecule has 3 atom stereocenters. The van der Waals surface area contributed by atoms with Crippen LogP contribution in [0.25, 0.3) is 0 Å². The highest BCUT2D eigenvalue weighted by molar-refractivity contribution is 6.05. The van der Waals surface area contributed by atoms with E-state index < -0.39 is 55.4 Å². The third-order valence-electron chi connectivity index (χ3n) is 6.26. The van der Waals surface area contributed by atoms with Gasteiger partial charge < -0.3 is 14.4 Å². The summed E-state index contributed by atoms with van der Waals surface area (Å²) < 4.78 is 76.3. The van der Waals surface area contributed by atoms with Crippen LogP contribution in [0.5, 0.6) is 5.75 Å². The first kappa shape index (κ1) is 18.0. The van der Waals surface area contributed by atoms with Gasteiger partial charge in [0.05, 0.1) is 21.4 Å². The van der Waals surface area contributed by atoms with Crippen LogP contribution in [0.4, 0.5) is 4.39 Å². The molecular formula is C27H30FN3O5. The van der Waals surface area contributed by atoms with Crippen LogP contribution in [0.1, 0.15) is 62.0 Å². The van der Waals surface area contributed by atoms with Crippen molar-refractivity contribution in [2.45, 2.75) is 64.6 Å². The second kappa shape index (κ2) is 9.99. The van der Waals surface area contributed by atoms with E-state index in [0.717, 1.165) is 24.8 Å². The molecule has 2 aromatic rings. The Hall–Kier alpha value is -3.30. The Bertz CT molecular complexity index is 1440. The summed E-state index contributed by atoms with van der Waals surface area (Å²) in [6.45, 7) is -3.65. The van der Waals surface area contributed by atoms with E-state index in [1.165, 1.54) is 17.0 Å². The predicted molar refractivity (Wildman–Crippen MR) is 129 cm³/mol. The second-order valence-corrected chi connectivity index (χ2v) is 8.92. The molecule has 2 saturated heterocycles. The zero-order chi connectivity index (χ0) is 30.8. The number of rotatable bonds is 6. The number of fused-ring (bicyclic) bond motifs is 1. The van der Waals surface area contributed by atoms with Gasteiger partial charge in [0.1, 0.15) is 24.2 Å². The molecule has 5 rings (SSSR count). The molecule has 0 aliphatic carbocycles. The number of carbonyl (C=O) groups excluding carboxylic acids is 3. The van der Waals surface area contributed by atoms with Crippen LogP contribution in [0.2, 0.25) is 0 Å². The van der Waals surface area contributed by atoms with E-state index in [1.54, 1.807) is 18.2 Å². The number of imide groups is 1. The number of nitrogens with zero attached hydrogens (tertiary/aromatic N) is 2. The van der Waals surface area contributed by atoms with Gasteiger partial charge in [-0.25, -0.2) is 4.39 Å². The van der Waals surface area contributed by atoms with Gasteiger partial charge >= 0.3 is 0 Å². The molecule has 0 bridgehead atoms. The minimum Gasteiger partial charge on any atom is -0.488 e. The number of piperidine rings is 1. The third-order valence-corrected chi connectivity index (χ3v) is 6.26. The van der Waals surface area contributed by atoms with E-state index in [9.17, 15) is 18.8 Å². The normalized spacial score (nSPS) is 33.9. The summed E-state index contributed by atoms with van der Waals surface area (Å²) in [4.78, 5) is 39.1. The van der Waals surface area contributed by atoms with Crippen molar-refractivity contribution in [3.05, 3.63) is 64.5 Å². The van der Waals surface area contributed by atoms with Crippen molar-refractivity contribution < 1.29 is 36.5 Å². The van der Waals surface area contributed by atoms with Crippen LogP contribution in [0.3, 0.4) is 0 Å². The van der Waals surface area contributed by atoms with E-state index in [0.29, 0.717) is 22.4 Å². The number of amides is 3. The fourth-order valence-corrected chi connectivity index (χ4v) is 4.63. The molecule has 3 heterocycles. The van der Waals surface area contributed by atoms with Gasteiger partial charge in [-0.3, -0.25) is 24.6 Å². The Morgan fingerprint density at radius 3 is 2.72 bits per heavy atom. The maximum atomic E-state index is 14.9. The molecule has 3 aliphatic rings. The first-order chi connectivity index (χ1) is 19.5. The average Bonchev–Trinajstić information content (AvgIpc) is 3.22. The topological polar surface area (TPSA) is 88.2 Å². The van der Waals surface area contributed by atoms with Crippen molar-refractivity contribution in [2.75, 3.05) is 13.0 Å². The van der Waals surface area contributed by atoms with Gasteiger partial charge in [-0.1, -0.05) is 12.1 Å². The average molecular weight is 502 g/mol. The lowest BCUT2D eigenvalue weighted by molar-refractivity contribution is -0.136. The Morgan fingerprint density at radius 2 is 1.97 bits per heavy atom. The molecule has 0 aromatic heterocycles. The van der Waals surface area contributed by atoms with Crippen LogP contribution in [0, 0.1) is 5.82 Å². The Labute approximate surface area is 217 Å². The lowest BCUT2D eigenvalue weighted by atomic mass is 10.0. The molecule has 190 valence electrons. The lowest BCUT2D eigenvalue weighted by Gasteiger charge is -2.35. The molecule has 3 unspecified atom stereocenters. The molecule has 0 radical (unpaired) electrons. The number of hydrogen-bond donors (Lipinski definition) is 1. The number of hydrogen-bond acceptors (Lipinski definition) is 6. The standard InChI is InChI=1S/C27H30FN3O5/c1-16-11-30(12-17(2)36-16)13-18-6-7-22(28)19(10-18)15-35-24-5-3-4-20-21(24)14-31(27(20)34)23-8-9-25(32)29-26(23)33/h3-7,10,16-17,23H,8-9,11-15H2,1-2H3,(H,29,32,33)/i11D2,12D2,16D,17D. The molecule has 2 aromatic carbocycles. The minimum absolute atomic E-state index is 0.0676. The fraction of sp³-hybridized carbons (Fsp3) is 0.444. The lowest BCUT2D eigenvalue weighted by Crippen LogP contribution is -2.52. The monoisotopic (exact) mass is 501 g/mol. The van der Waals surface area contributed by atoms with Gasteiger partial charge in [0.25, 0.3) is 5.91 Å². The Morgan fingerprint density at radius 1 is 1.19 bits per heavy atom. The summed E-state index contributed by atoms with van der Waals surface area (Å²) in [6, 6.07) is 7.91. The molecule has 8 nitrogen and oxygen atoms in total. The van der Waals surface area contributed by atoms with E-state index in [4.69, 9.17) is 17.7 Å². The van der Waals surface area contributed by atoms with Crippen LogP contribution in [0.15, 0.2) is 36.4 Å². The molecule has 0 spiro atoms. The van der Waals surface area contributed by atoms with Gasteiger partial charge in [0, 0.05) is 48.1 Å². The van der Waals surface area contributed by atoms with Crippen molar-refractivity contribution in [1.29, 1.82) is 0 Å². The first-order valence-electron chi connectivity index (χ1n) is 14.6. The zero-order valence-corrected chi connectivity index (χ0v) is 19.9. The molecule has 3 aliphatic heterocycles. The van der Waals surface area contributed by atoms with Gasteiger partial charge in [0.2, 0.25) is 11.8 Å². The minimum atomic E-state index is -2.65. The summed E-state index contributed by atoms with van der Waals surface area (Å²) in [7, 11) is 0. The van der Waals surface area contributed by atoms with Crippen LogP contribution < -0.4 is 10.1 Å². The van der Waals surface area contributed by atoms with Crippen molar-refractivity contribution in [3.63, 3.8) is 0 Å². The number of morpholine rings is 1. The quantitative estimate of drug-likeness (QED) is 0.613. The number of ether oxygens (including phenoxy) is 2. The van der Waals surface area contributed by atoms with Gasteiger partial charge in [-0.15, -0.1) is 0 Å². The number of benzene rings is 2. The molecule has 36 heavy (non-hydrogen) atoms. The molecule has 3 amide bonds. The van der Waals surface area contributed by atoms with Crippen LogP contribution >= 0.6 is 0 Å². The van der Waals surface area contributed by atoms with E-state index in [2.05, 4.69) is 5.32 Å². The van der Waals surface area contributed by atoms with Crippen molar-refractivity contribution in [3.8, 4) is 5.75 Å². The SMILES string of the molecule is [2H]C1(C)OC([2H])(C)C([2H])([2H])N(Cc2ccc(F)c(COc3cccc4c3CN(C3CCC(=O)NC3=O)C4=O)c2)C1([2H])[2H]. The molecule has 1 N–H and O–H groups in total. The van der Waals surface area contributed by atoms with E-state index in [1.807, 2.05) is 0 Å². The largest absolute Gasteiger partial charge is 0.488 e. The van der Waals surface area contributed by atoms with Gasteiger partial charge in [-0.2, -0.15) is 0 Å². The number of halogens is 1. The maximum Gasteiger partial charge on any atom is 0.255 e. The Kier molecular flexibility index (Phi) is 5.00. The fourth-order valence-electron chi connectivity index (χ4n) is 4.63. The molecule has 0 saturated carbocycles.